The maximum absolute atomic E-state index is 5.75. The van der Waals surface area contributed by atoms with Crippen molar-refractivity contribution in [1.29, 1.82) is 0 Å². The van der Waals surface area contributed by atoms with Gasteiger partial charge in [-0.1, -0.05) is 83.9 Å². The molecule has 0 atom stereocenters. The van der Waals surface area contributed by atoms with E-state index >= 15 is 0 Å². The Bertz CT molecular complexity index is 1590. The Morgan fingerprint density at radius 3 is 1.32 bits per heavy atom. The first-order valence-corrected chi connectivity index (χ1v) is 12.5. The zero-order valence-electron chi connectivity index (χ0n) is 21.3. The van der Waals surface area contributed by atoms with Crippen molar-refractivity contribution in [3.8, 4) is 45.4 Å². The number of oxazole rings is 2. The highest BCUT2D eigenvalue weighted by atomic mass is 16.3. The molecular weight excluding hydrogens is 468 g/mol. The van der Waals surface area contributed by atoms with Gasteiger partial charge in [0.25, 0.3) is 0 Å². The molecule has 0 spiro atoms. The summed E-state index contributed by atoms with van der Waals surface area (Å²) in [6.07, 6.45) is 7.60. The molecule has 0 radical (unpaired) electrons. The second-order valence-corrected chi connectivity index (χ2v) is 9.39. The molecule has 2 aromatic heterocycles. The molecule has 0 fully saturated rings. The molecule has 0 amide bonds. The van der Waals surface area contributed by atoms with Gasteiger partial charge >= 0.3 is 0 Å². The average molecular weight is 495 g/mol. The normalized spacial score (nSPS) is 11.3. The van der Waals surface area contributed by atoms with Gasteiger partial charge in [-0.2, -0.15) is 0 Å². The zero-order chi connectivity index (χ0) is 25.9. The molecule has 0 aliphatic heterocycles. The van der Waals surface area contributed by atoms with Crippen LogP contribution >= 0.6 is 0 Å². The monoisotopic (exact) mass is 494 g/mol. The zero-order valence-corrected chi connectivity index (χ0v) is 21.3. The summed E-state index contributed by atoms with van der Waals surface area (Å²) < 4.78 is 11.5. The molecule has 2 heterocycles. The number of hydrogen-bond acceptors (Lipinski definition) is 4. The third-order valence-electron chi connectivity index (χ3n) is 6.42. The van der Waals surface area contributed by atoms with Crippen molar-refractivity contribution in [3.05, 3.63) is 132 Å². The smallest absolute Gasteiger partial charge is 0.226 e. The van der Waals surface area contributed by atoms with Gasteiger partial charge in [-0.15, -0.1) is 0 Å². The number of aryl methyl sites for hydroxylation is 2. The number of benzene rings is 4. The maximum Gasteiger partial charge on any atom is 0.226 e. The highest BCUT2D eigenvalue weighted by Gasteiger charge is 2.10. The van der Waals surface area contributed by atoms with Crippen molar-refractivity contribution in [2.75, 3.05) is 0 Å². The van der Waals surface area contributed by atoms with Gasteiger partial charge in [0, 0.05) is 22.3 Å². The SMILES string of the molecule is Cc1cccc(-c2coc(-c3ccc(C=Cc4ccc(-c5nc(-c6cccc(C)c6)co5)cc4)cc3)n2)c1. The highest BCUT2D eigenvalue weighted by Crippen LogP contribution is 2.27. The van der Waals surface area contributed by atoms with Crippen LogP contribution in [0.15, 0.2) is 118 Å². The highest BCUT2D eigenvalue weighted by molar-refractivity contribution is 5.73. The van der Waals surface area contributed by atoms with Crippen LogP contribution in [0.2, 0.25) is 0 Å². The van der Waals surface area contributed by atoms with Crippen molar-refractivity contribution < 1.29 is 8.83 Å². The second kappa shape index (κ2) is 10.2. The molecule has 0 unspecified atom stereocenters. The second-order valence-electron chi connectivity index (χ2n) is 9.39. The van der Waals surface area contributed by atoms with E-state index in [1.165, 1.54) is 11.1 Å². The van der Waals surface area contributed by atoms with Crippen LogP contribution in [0, 0.1) is 13.8 Å². The van der Waals surface area contributed by atoms with Gasteiger partial charge in [-0.25, -0.2) is 9.97 Å². The summed E-state index contributed by atoms with van der Waals surface area (Å²) in [5, 5.41) is 0. The van der Waals surface area contributed by atoms with E-state index in [2.05, 4.69) is 84.5 Å². The molecule has 4 heteroatoms. The van der Waals surface area contributed by atoms with Crippen LogP contribution in [0.25, 0.3) is 57.6 Å². The summed E-state index contributed by atoms with van der Waals surface area (Å²) in [6.45, 7) is 4.15. The fourth-order valence-corrected chi connectivity index (χ4v) is 4.35. The standard InChI is InChI=1S/C34H26N2O2/c1-23-5-3-7-29(19-23)31-21-37-33(35-31)27-15-11-25(12-16-27)9-10-26-13-17-28(18-14-26)34-36-32(22-38-34)30-8-4-6-24(2)20-30/h3-22H,1-2H3. The molecule has 0 bridgehead atoms. The number of nitrogens with zero attached hydrogens (tertiary/aromatic N) is 2. The van der Waals surface area contributed by atoms with E-state index in [1.54, 1.807) is 12.5 Å². The molecule has 38 heavy (non-hydrogen) atoms. The Hall–Kier alpha value is -4.96. The van der Waals surface area contributed by atoms with Crippen molar-refractivity contribution in [1.82, 2.24) is 9.97 Å². The van der Waals surface area contributed by atoms with Gasteiger partial charge < -0.3 is 8.83 Å². The lowest BCUT2D eigenvalue weighted by atomic mass is 10.1. The van der Waals surface area contributed by atoms with Gasteiger partial charge in [-0.05, 0) is 61.4 Å². The summed E-state index contributed by atoms with van der Waals surface area (Å²) in [5.41, 5.74) is 10.3. The Morgan fingerprint density at radius 1 is 0.500 bits per heavy atom. The van der Waals surface area contributed by atoms with Crippen molar-refractivity contribution in [2.45, 2.75) is 13.8 Å². The van der Waals surface area contributed by atoms with Crippen molar-refractivity contribution in [3.63, 3.8) is 0 Å². The Labute approximate surface area is 222 Å². The molecular formula is C34H26N2O2. The molecule has 6 aromatic rings. The van der Waals surface area contributed by atoms with Gasteiger partial charge in [0.2, 0.25) is 11.8 Å². The van der Waals surface area contributed by atoms with Crippen LogP contribution < -0.4 is 0 Å². The molecule has 0 aliphatic rings. The van der Waals surface area contributed by atoms with E-state index in [1.807, 2.05) is 48.5 Å². The number of rotatable bonds is 6. The maximum atomic E-state index is 5.75. The largest absolute Gasteiger partial charge is 0.444 e. The quantitative estimate of drug-likeness (QED) is 0.217. The molecule has 0 saturated carbocycles. The summed E-state index contributed by atoms with van der Waals surface area (Å²) in [5.74, 6) is 1.23. The van der Waals surface area contributed by atoms with Crippen LogP contribution in [0.1, 0.15) is 22.3 Å². The summed E-state index contributed by atoms with van der Waals surface area (Å²) in [6, 6.07) is 32.9. The summed E-state index contributed by atoms with van der Waals surface area (Å²) in [4.78, 5) is 9.35. The Balaban J connectivity index is 1.13. The topological polar surface area (TPSA) is 52.1 Å². The molecule has 0 N–H and O–H groups in total. The molecule has 4 aromatic carbocycles. The van der Waals surface area contributed by atoms with Crippen molar-refractivity contribution in [2.24, 2.45) is 0 Å². The molecule has 0 aliphatic carbocycles. The fourth-order valence-electron chi connectivity index (χ4n) is 4.35. The van der Waals surface area contributed by atoms with Crippen LogP contribution in [-0.4, -0.2) is 9.97 Å². The first-order chi connectivity index (χ1) is 18.6. The third kappa shape index (κ3) is 5.11. The van der Waals surface area contributed by atoms with Crippen LogP contribution in [0.4, 0.5) is 0 Å². The minimum absolute atomic E-state index is 0.615. The average Bonchev–Trinajstić information content (AvgIpc) is 3.64. The van der Waals surface area contributed by atoms with Crippen LogP contribution in [0.5, 0.6) is 0 Å². The number of hydrogen-bond donors (Lipinski definition) is 0. The first kappa shape index (κ1) is 23.4. The van der Waals surface area contributed by atoms with Gasteiger partial charge in [0.1, 0.15) is 23.9 Å². The first-order valence-electron chi connectivity index (χ1n) is 12.5. The summed E-state index contributed by atoms with van der Waals surface area (Å²) >= 11 is 0. The Kier molecular flexibility index (Phi) is 6.29. The van der Waals surface area contributed by atoms with Crippen LogP contribution in [-0.2, 0) is 0 Å². The van der Waals surface area contributed by atoms with Gasteiger partial charge in [-0.3, -0.25) is 0 Å². The van der Waals surface area contributed by atoms with Gasteiger partial charge in [0.15, 0.2) is 0 Å². The van der Waals surface area contributed by atoms with E-state index in [-0.39, 0.29) is 0 Å². The summed E-state index contributed by atoms with van der Waals surface area (Å²) in [7, 11) is 0. The molecule has 6 rings (SSSR count). The van der Waals surface area contributed by atoms with Crippen LogP contribution in [0.3, 0.4) is 0 Å². The Morgan fingerprint density at radius 2 is 0.921 bits per heavy atom. The predicted octanol–water partition coefficient (Wildman–Crippen LogP) is 9.12. The van der Waals surface area contributed by atoms with E-state index in [0.29, 0.717) is 11.8 Å². The molecule has 4 nitrogen and oxygen atoms in total. The molecule has 0 saturated heterocycles. The van der Waals surface area contributed by atoms with Gasteiger partial charge in [0.05, 0.1) is 0 Å². The predicted molar refractivity (Wildman–Crippen MR) is 153 cm³/mol. The fraction of sp³-hybridized carbons (Fsp3) is 0.0588. The van der Waals surface area contributed by atoms with Crippen molar-refractivity contribution >= 4 is 12.2 Å². The van der Waals surface area contributed by atoms with E-state index in [4.69, 9.17) is 8.83 Å². The lowest BCUT2D eigenvalue weighted by molar-refractivity contribution is 0.574. The lowest BCUT2D eigenvalue weighted by Gasteiger charge is -2.00. The number of aromatic nitrogens is 2. The minimum atomic E-state index is 0.615. The third-order valence-corrected chi connectivity index (χ3v) is 6.42. The van der Waals surface area contributed by atoms with E-state index < -0.39 is 0 Å². The lowest BCUT2D eigenvalue weighted by Crippen LogP contribution is -1.82. The molecule has 184 valence electrons. The minimum Gasteiger partial charge on any atom is -0.444 e. The van der Waals surface area contributed by atoms with E-state index in [9.17, 15) is 0 Å². The van der Waals surface area contributed by atoms with E-state index in [0.717, 1.165) is 44.8 Å².